The summed E-state index contributed by atoms with van der Waals surface area (Å²) in [6, 6.07) is 10.7. The van der Waals surface area contributed by atoms with Crippen molar-refractivity contribution in [2.75, 3.05) is 18.5 Å². The minimum absolute atomic E-state index is 0.188. The van der Waals surface area contributed by atoms with Crippen LogP contribution in [0, 0.1) is 11.6 Å². The Morgan fingerprint density at radius 2 is 1.48 bits per heavy atom. The number of benzene rings is 2. The Bertz CT molecular complexity index is 784. The molecule has 2 aromatic carbocycles. The lowest BCUT2D eigenvalue weighted by Gasteiger charge is -2.35. The lowest BCUT2D eigenvalue weighted by molar-refractivity contribution is -0.141. The Balaban J connectivity index is 1.98. The summed E-state index contributed by atoms with van der Waals surface area (Å²) >= 11 is 0. The van der Waals surface area contributed by atoms with Gasteiger partial charge >= 0.3 is 0 Å². The third-order valence-electron chi connectivity index (χ3n) is 3.72. The highest BCUT2D eigenvalue weighted by Gasteiger charge is 2.28. The fourth-order valence-electron chi connectivity index (χ4n) is 2.33. The molecule has 0 saturated carbocycles. The fraction of sp³-hybridized carbons (Fsp3) is 0.300. The number of nitrogens with zero attached hydrogens (tertiary/aromatic N) is 1. The van der Waals surface area contributed by atoms with Crippen LogP contribution in [-0.2, 0) is 9.59 Å². The molecule has 5 nitrogen and oxygen atoms in total. The van der Waals surface area contributed by atoms with E-state index in [1.165, 1.54) is 53.4 Å². The second-order valence-corrected chi connectivity index (χ2v) is 6.95. The Labute approximate surface area is 156 Å². The van der Waals surface area contributed by atoms with Gasteiger partial charge in [0.1, 0.15) is 23.9 Å². The summed E-state index contributed by atoms with van der Waals surface area (Å²) < 4.78 is 31.2. The molecule has 144 valence electrons. The molecule has 2 rings (SSSR count). The van der Waals surface area contributed by atoms with Gasteiger partial charge in [0.05, 0.1) is 0 Å². The number of hydrogen-bond donors (Lipinski definition) is 1. The molecule has 1 N–H and O–H groups in total. The van der Waals surface area contributed by atoms with Crippen molar-refractivity contribution in [1.29, 1.82) is 0 Å². The summed E-state index contributed by atoms with van der Waals surface area (Å²) in [5.41, 5.74) is -0.186. The van der Waals surface area contributed by atoms with Crippen molar-refractivity contribution in [2.24, 2.45) is 0 Å². The molecule has 0 radical (unpaired) electrons. The van der Waals surface area contributed by atoms with Gasteiger partial charge in [-0.25, -0.2) is 8.78 Å². The van der Waals surface area contributed by atoms with Crippen LogP contribution in [0.15, 0.2) is 48.5 Å². The number of amides is 2. The Morgan fingerprint density at radius 1 is 0.963 bits per heavy atom. The van der Waals surface area contributed by atoms with Crippen molar-refractivity contribution in [3.63, 3.8) is 0 Å². The maximum Gasteiger partial charge on any atom is 0.261 e. The first-order valence-corrected chi connectivity index (χ1v) is 8.39. The topological polar surface area (TPSA) is 58.6 Å². The Hall–Kier alpha value is -2.96. The predicted octanol–water partition coefficient (Wildman–Crippen LogP) is 3.61. The van der Waals surface area contributed by atoms with Crippen LogP contribution in [0.3, 0.4) is 0 Å². The number of nitrogens with one attached hydrogen (secondary N) is 1. The van der Waals surface area contributed by atoms with E-state index in [1.807, 2.05) is 0 Å². The highest BCUT2D eigenvalue weighted by molar-refractivity contribution is 5.94. The van der Waals surface area contributed by atoms with Crippen LogP contribution in [0.1, 0.15) is 20.8 Å². The zero-order chi connectivity index (χ0) is 20.0. The zero-order valence-corrected chi connectivity index (χ0v) is 15.5. The highest BCUT2D eigenvalue weighted by atomic mass is 19.1. The molecule has 0 aliphatic carbocycles. The third-order valence-corrected chi connectivity index (χ3v) is 3.72. The first-order chi connectivity index (χ1) is 12.6. The molecule has 0 unspecified atom stereocenters. The van der Waals surface area contributed by atoms with Gasteiger partial charge in [0.15, 0.2) is 6.61 Å². The van der Waals surface area contributed by atoms with E-state index < -0.39 is 23.1 Å². The van der Waals surface area contributed by atoms with E-state index in [9.17, 15) is 18.4 Å². The summed E-state index contributed by atoms with van der Waals surface area (Å²) in [5.74, 6) is -1.25. The molecule has 0 aliphatic heterocycles. The van der Waals surface area contributed by atoms with E-state index in [0.29, 0.717) is 11.4 Å². The second kappa shape index (κ2) is 8.62. The highest BCUT2D eigenvalue weighted by Crippen LogP contribution is 2.16. The average molecular weight is 376 g/mol. The fourth-order valence-corrected chi connectivity index (χ4v) is 2.33. The van der Waals surface area contributed by atoms with Crippen molar-refractivity contribution >= 4 is 17.5 Å². The standard InChI is InChI=1S/C20H22F2N2O3/c1-20(2,3)24(12-18(25)23-16-8-4-14(21)5-9-16)19(26)13-27-17-10-6-15(22)7-11-17/h4-11H,12-13H2,1-3H3,(H,23,25). The van der Waals surface area contributed by atoms with Gasteiger partial charge < -0.3 is 15.0 Å². The molecule has 0 atom stereocenters. The lowest BCUT2D eigenvalue weighted by Crippen LogP contribution is -2.51. The summed E-state index contributed by atoms with van der Waals surface area (Å²) in [7, 11) is 0. The molecular weight excluding hydrogens is 354 g/mol. The van der Waals surface area contributed by atoms with Crippen LogP contribution < -0.4 is 10.1 Å². The smallest absolute Gasteiger partial charge is 0.261 e. The maximum absolute atomic E-state index is 12.9. The molecule has 0 spiro atoms. The van der Waals surface area contributed by atoms with Gasteiger partial charge in [-0.15, -0.1) is 0 Å². The summed E-state index contributed by atoms with van der Waals surface area (Å²) in [5, 5.41) is 2.62. The van der Waals surface area contributed by atoms with E-state index in [2.05, 4.69) is 5.32 Å². The zero-order valence-electron chi connectivity index (χ0n) is 15.5. The molecule has 2 amide bonds. The molecule has 0 aromatic heterocycles. The van der Waals surface area contributed by atoms with Crippen molar-refractivity contribution in [3.05, 3.63) is 60.2 Å². The number of carbonyl (C=O) groups is 2. The number of halogens is 2. The Morgan fingerprint density at radius 3 is 2.00 bits per heavy atom. The van der Waals surface area contributed by atoms with Gasteiger partial charge in [0.25, 0.3) is 5.91 Å². The van der Waals surface area contributed by atoms with Crippen LogP contribution in [0.25, 0.3) is 0 Å². The number of carbonyl (C=O) groups excluding carboxylic acids is 2. The van der Waals surface area contributed by atoms with Crippen molar-refractivity contribution < 1.29 is 23.1 Å². The molecule has 7 heteroatoms. The third kappa shape index (κ3) is 6.36. The van der Waals surface area contributed by atoms with Crippen LogP contribution in [-0.4, -0.2) is 35.4 Å². The van der Waals surface area contributed by atoms with E-state index >= 15 is 0 Å². The molecule has 0 aliphatic rings. The molecule has 0 bridgehead atoms. The summed E-state index contributed by atoms with van der Waals surface area (Å²) in [4.78, 5) is 26.2. The van der Waals surface area contributed by atoms with Gasteiger partial charge in [-0.1, -0.05) is 0 Å². The second-order valence-electron chi connectivity index (χ2n) is 6.95. The summed E-state index contributed by atoms with van der Waals surface area (Å²) in [6.45, 7) is 4.93. The summed E-state index contributed by atoms with van der Waals surface area (Å²) in [6.07, 6.45) is 0. The quantitative estimate of drug-likeness (QED) is 0.838. The van der Waals surface area contributed by atoms with Gasteiger partial charge in [-0.05, 0) is 69.3 Å². The van der Waals surface area contributed by atoms with E-state index in [4.69, 9.17) is 4.74 Å². The SMILES string of the molecule is CC(C)(C)N(CC(=O)Nc1ccc(F)cc1)C(=O)COc1ccc(F)cc1. The van der Waals surface area contributed by atoms with Crippen LogP contribution in [0.4, 0.5) is 14.5 Å². The largest absolute Gasteiger partial charge is 0.484 e. The maximum atomic E-state index is 12.9. The molecular formula is C20H22F2N2O3. The van der Waals surface area contributed by atoms with Crippen molar-refractivity contribution in [3.8, 4) is 5.75 Å². The average Bonchev–Trinajstić information content (AvgIpc) is 2.60. The minimum atomic E-state index is -0.622. The molecule has 2 aromatic rings. The van der Waals surface area contributed by atoms with Gasteiger partial charge in [-0.3, -0.25) is 9.59 Å². The molecule has 0 heterocycles. The molecule has 27 heavy (non-hydrogen) atoms. The van der Waals surface area contributed by atoms with E-state index in [0.717, 1.165) is 0 Å². The first-order valence-electron chi connectivity index (χ1n) is 8.39. The van der Waals surface area contributed by atoms with Crippen molar-refractivity contribution in [1.82, 2.24) is 4.90 Å². The molecule has 0 saturated heterocycles. The van der Waals surface area contributed by atoms with Gasteiger partial charge in [-0.2, -0.15) is 0 Å². The van der Waals surface area contributed by atoms with E-state index in [1.54, 1.807) is 20.8 Å². The van der Waals surface area contributed by atoms with Crippen LogP contribution >= 0.6 is 0 Å². The van der Waals surface area contributed by atoms with Crippen molar-refractivity contribution in [2.45, 2.75) is 26.3 Å². The number of hydrogen-bond acceptors (Lipinski definition) is 3. The van der Waals surface area contributed by atoms with Crippen LogP contribution in [0.5, 0.6) is 5.75 Å². The monoisotopic (exact) mass is 376 g/mol. The van der Waals surface area contributed by atoms with Crippen LogP contribution in [0.2, 0.25) is 0 Å². The lowest BCUT2D eigenvalue weighted by atomic mass is 10.1. The minimum Gasteiger partial charge on any atom is -0.484 e. The Kier molecular flexibility index (Phi) is 6.50. The number of anilines is 1. The van der Waals surface area contributed by atoms with Gasteiger partial charge in [0.2, 0.25) is 5.91 Å². The predicted molar refractivity (Wildman–Crippen MR) is 98.4 cm³/mol. The normalized spacial score (nSPS) is 11.0. The first kappa shape index (κ1) is 20.4. The van der Waals surface area contributed by atoms with E-state index in [-0.39, 0.29) is 19.1 Å². The van der Waals surface area contributed by atoms with Gasteiger partial charge in [0, 0.05) is 11.2 Å². The number of ether oxygens (including phenoxy) is 1. The number of rotatable bonds is 6. The molecule has 0 fully saturated rings.